The molecule has 0 rings (SSSR count). The zero-order valence-electron chi connectivity index (χ0n) is 4.14. The van der Waals surface area contributed by atoms with Gasteiger partial charge >= 0.3 is 0 Å². The van der Waals surface area contributed by atoms with Gasteiger partial charge in [0, 0.05) is 0 Å². The Balaban J connectivity index is 2.97. The van der Waals surface area contributed by atoms with Gasteiger partial charge in [-0.3, -0.25) is 5.43 Å². The van der Waals surface area contributed by atoms with Crippen LogP contribution >= 0.6 is 12.2 Å². The Morgan fingerprint density at radius 3 is 2.88 bits per heavy atom. The van der Waals surface area contributed by atoms with Crippen molar-refractivity contribution in [3.05, 3.63) is 0 Å². The highest BCUT2D eigenvalue weighted by molar-refractivity contribution is 7.80. The van der Waals surface area contributed by atoms with E-state index in [2.05, 4.69) is 23.1 Å². The molecule has 0 aromatic heterocycles. The maximum atomic E-state index is 7.94. The number of nitrogens with one attached hydrogen (secondary N) is 2. The number of hydrogen-bond acceptors (Lipinski definition) is 3. The van der Waals surface area contributed by atoms with Crippen LogP contribution in [0.2, 0.25) is 0 Å². The third kappa shape index (κ3) is 5.14. The van der Waals surface area contributed by atoms with Crippen molar-refractivity contribution >= 4 is 17.3 Å². The topological polar surface area (TPSA) is 73.9 Å². The van der Waals surface area contributed by atoms with Gasteiger partial charge in [0.05, 0.1) is 6.07 Å². The van der Waals surface area contributed by atoms with Crippen molar-refractivity contribution in [1.82, 2.24) is 10.9 Å². The molecule has 0 radical (unpaired) electrons. The summed E-state index contributed by atoms with van der Waals surface area (Å²) < 4.78 is 0. The SMILES string of the molecule is N#CCNNC(N)=S. The fourth-order valence-electron chi connectivity index (χ4n) is 0.171. The molecule has 0 aliphatic carbocycles. The minimum absolute atomic E-state index is 0.139. The number of thiocarbonyl (C=S) groups is 1. The normalized spacial score (nSPS) is 7.38. The average Bonchev–Trinajstić information content (AvgIpc) is 1.66. The van der Waals surface area contributed by atoms with Crippen LogP contribution in [0.3, 0.4) is 0 Å². The van der Waals surface area contributed by atoms with E-state index in [-0.39, 0.29) is 11.7 Å². The molecular weight excluding hydrogens is 124 g/mol. The van der Waals surface area contributed by atoms with E-state index < -0.39 is 0 Å². The Kier molecular flexibility index (Phi) is 3.84. The summed E-state index contributed by atoms with van der Waals surface area (Å²) in [6, 6.07) is 1.83. The summed E-state index contributed by atoms with van der Waals surface area (Å²) in [5, 5.41) is 8.08. The zero-order chi connectivity index (χ0) is 6.41. The molecule has 0 aliphatic heterocycles. The lowest BCUT2D eigenvalue weighted by atomic mass is 10.8. The maximum Gasteiger partial charge on any atom is 0.178 e. The third-order valence-electron chi connectivity index (χ3n) is 0.379. The molecule has 5 heteroatoms. The highest BCUT2D eigenvalue weighted by Gasteiger charge is 1.79. The van der Waals surface area contributed by atoms with Gasteiger partial charge in [-0.05, 0) is 12.2 Å². The van der Waals surface area contributed by atoms with Gasteiger partial charge in [0.1, 0.15) is 6.54 Å². The molecule has 0 fully saturated rings. The molecule has 4 nitrogen and oxygen atoms in total. The summed E-state index contributed by atoms with van der Waals surface area (Å²) in [7, 11) is 0. The van der Waals surface area contributed by atoms with Crippen LogP contribution in [0.5, 0.6) is 0 Å². The van der Waals surface area contributed by atoms with Crippen LogP contribution in [-0.4, -0.2) is 11.7 Å². The molecule has 0 saturated carbocycles. The predicted octanol–water partition coefficient (Wildman–Crippen LogP) is -1.15. The van der Waals surface area contributed by atoms with Gasteiger partial charge in [-0.15, -0.1) is 0 Å². The summed E-state index contributed by atoms with van der Waals surface area (Å²) >= 11 is 4.40. The number of nitriles is 1. The van der Waals surface area contributed by atoms with Crippen molar-refractivity contribution in [1.29, 1.82) is 5.26 Å². The molecule has 0 spiro atoms. The monoisotopic (exact) mass is 130 g/mol. The number of nitrogens with two attached hydrogens (primary N) is 1. The van der Waals surface area contributed by atoms with E-state index in [0.29, 0.717) is 0 Å². The summed E-state index contributed by atoms with van der Waals surface area (Å²) in [4.78, 5) is 0. The van der Waals surface area contributed by atoms with Gasteiger partial charge in [-0.2, -0.15) is 5.26 Å². The Labute approximate surface area is 52.6 Å². The predicted molar refractivity (Wildman–Crippen MR) is 33.5 cm³/mol. The lowest BCUT2D eigenvalue weighted by Crippen LogP contribution is -2.40. The second kappa shape index (κ2) is 4.30. The van der Waals surface area contributed by atoms with Crippen molar-refractivity contribution in [2.24, 2.45) is 5.73 Å². The molecule has 8 heavy (non-hydrogen) atoms. The first-order chi connectivity index (χ1) is 3.77. The van der Waals surface area contributed by atoms with Gasteiger partial charge in [0.2, 0.25) is 0 Å². The van der Waals surface area contributed by atoms with Crippen molar-refractivity contribution in [2.75, 3.05) is 6.54 Å². The molecule has 0 aromatic carbocycles. The van der Waals surface area contributed by atoms with Gasteiger partial charge in [-0.25, -0.2) is 5.43 Å². The smallest absolute Gasteiger partial charge is 0.178 e. The minimum Gasteiger partial charge on any atom is -0.375 e. The summed E-state index contributed by atoms with van der Waals surface area (Å²) in [6.07, 6.45) is 0. The van der Waals surface area contributed by atoms with Crippen LogP contribution in [0.15, 0.2) is 0 Å². The van der Waals surface area contributed by atoms with Crippen molar-refractivity contribution in [2.45, 2.75) is 0 Å². The van der Waals surface area contributed by atoms with E-state index in [1.807, 2.05) is 6.07 Å². The first-order valence-electron chi connectivity index (χ1n) is 1.92. The average molecular weight is 130 g/mol. The van der Waals surface area contributed by atoms with Gasteiger partial charge in [0.15, 0.2) is 5.11 Å². The summed E-state index contributed by atoms with van der Waals surface area (Å²) in [5.41, 5.74) is 9.82. The Morgan fingerprint density at radius 2 is 2.50 bits per heavy atom. The highest BCUT2D eigenvalue weighted by atomic mass is 32.1. The first-order valence-corrected chi connectivity index (χ1v) is 2.33. The van der Waals surface area contributed by atoms with E-state index >= 15 is 0 Å². The summed E-state index contributed by atoms with van der Waals surface area (Å²) in [5.74, 6) is 0. The van der Waals surface area contributed by atoms with Crippen LogP contribution < -0.4 is 16.6 Å². The van der Waals surface area contributed by atoms with Gasteiger partial charge < -0.3 is 5.73 Å². The van der Waals surface area contributed by atoms with E-state index in [1.54, 1.807) is 0 Å². The molecule has 4 N–H and O–H groups in total. The molecule has 0 aromatic rings. The maximum absolute atomic E-state index is 7.94. The molecule has 0 amide bonds. The number of hydrogen-bond donors (Lipinski definition) is 3. The second-order valence-corrected chi connectivity index (χ2v) is 1.44. The van der Waals surface area contributed by atoms with Gasteiger partial charge in [0.25, 0.3) is 0 Å². The van der Waals surface area contributed by atoms with Crippen LogP contribution in [0.1, 0.15) is 0 Å². The molecule has 0 unspecified atom stereocenters. The van der Waals surface area contributed by atoms with Crippen molar-refractivity contribution in [3.63, 3.8) is 0 Å². The van der Waals surface area contributed by atoms with E-state index in [9.17, 15) is 0 Å². The fourth-order valence-corrected chi connectivity index (χ4v) is 0.243. The Morgan fingerprint density at radius 1 is 1.88 bits per heavy atom. The number of rotatable bonds is 2. The standard InChI is InChI=1S/C3H6N4S/c4-1-2-6-7-3(5)8/h6H,2H2,(H3,5,7,8). The lowest BCUT2D eigenvalue weighted by Gasteiger charge is -1.98. The Bertz CT molecular complexity index is 115. The fraction of sp³-hybridized carbons (Fsp3) is 0.333. The highest BCUT2D eigenvalue weighted by Crippen LogP contribution is 1.50. The number of hydrazine groups is 1. The number of nitrogens with zero attached hydrogens (tertiary/aromatic N) is 1. The molecule has 0 bridgehead atoms. The van der Waals surface area contributed by atoms with E-state index in [0.717, 1.165) is 0 Å². The lowest BCUT2D eigenvalue weighted by molar-refractivity contribution is 0.723. The molecule has 0 heterocycles. The Hall–Kier alpha value is -0.860. The third-order valence-corrected chi connectivity index (χ3v) is 0.481. The second-order valence-electron chi connectivity index (χ2n) is 1.00. The van der Waals surface area contributed by atoms with Crippen LogP contribution in [-0.2, 0) is 0 Å². The molecule has 0 atom stereocenters. The zero-order valence-corrected chi connectivity index (χ0v) is 4.96. The van der Waals surface area contributed by atoms with Gasteiger partial charge in [-0.1, -0.05) is 0 Å². The quantitative estimate of drug-likeness (QED) is 0.190. The molecule has 44 valence electrons. The van der Waals surface area contributed by atoms with E-state index in [4.69, 9.17) is 11.0 Å². The molecule has 0 aliphatic rings. The van der Waals surface area contributed by atoms with Crippen molar-refractivity contribution < 1.29 is 0 Å². The van der Waals surface area contributed by atoms with Crippen molar-refractivity contribution in [3.8, 4) is 6.07 Å². The molecular formula is C3H6N4S. The first kappa shape index (κ1) is 7.14. The summed E-state index contributed by atoms with van der Waals surface area (Å²) in [6.45, 7) is 0.192. The largest absolute Gasteiger partial charge is 0.375 e. The van der Waals surface area contributed by atoms with Crippen LogP contribution in [0.25, 0.3) is 0 Å². The molecule has 0 saturated heterocycles. The van der Waals surface area contributed by atoms with E-state index in [1.165, 1.54) is 0 Å². The minimum atomic E-state index is 0.139. The van der Waals surface area contributed by atoms with Crippen LogP contribution in [0.4, 0.5) is 0 Å². The van der Waals surface area contributed by atoms with Crippen LogP contribution in [0, 0.1) is 11.3 Å².